The average Bonchev–Trinajstić information content (AvgIpc) is 3.26. The van der Waals surface area contributed by atoms with Gasteiger partial charge in [-0.05, 0) is 54.7 Å². The lowest BCUT2D eigenvalue weighted by molar-refractivity contribution is 0.621. The number of benzene rings is 2. The van der Waals surface area contributed by atoms with Gasteiger partial charge in [-0.1, -0.05) is 23.7 Å². The molecule has 0 bridgehead atoms. The molecular formula is C16H14ClF2N. The quantitative estimate of drug-likeness (QED) is 0.819. The van der Waals surface area contributed by atoms with Crippen molar-refractivity contribution < 1.29 is 8.78 Å². The van der Waals surface area contributed by atoms with Gasteiger partial charge < -0.3 is 5.32 Å². The molecule has 0 heterocycles. The molecule has 1 atom stereocenters. The lowest BCUT2D eigenvalue weighted by Gasteiger charge is -2.20. The lowest BCUT2D eigenvalue weighted by atomic mass is 10.0. The van der Waals surface area contributed by atoms with Gasteiger partial charge in [-0.15, -0.1) is 0 Å². The molecule has 104 valence electrons. The molecule has 3 rings (SSSR count). The summed E-state index contributed by atoms with van der Waals surface area (Å²) in [6.07, 6.45) is 2.26. The summed E-state index contributed by atoms with van der Waals surface area (Å²) >= 11 is 5.68. The minimum Gasteiger partial charge on any atom is -0.378 e. The van der Waals surface area contributed by atoms with Crippen molar-refractivity contribution in [1.82, 2.24) is 0 Å². The van der Waals surface area contributed by atoms with Gasteiger partial charge in [0.25, 0.3) is 0 Å². The zero-order chi connectivity index (χ0) is 14.1. The van der Waals surface area contributed by atoms with Gasteiger partial charge in [0.1, 0.15) is 11.6 Å². The molecule has 1 nitrogen and oxygen atoms in total. The third kappa shape index (κ3) is 2.93. The van der Waals surface area contributed by atoms with E-state index in [0.29, 0.717) is 11.6 Å². The maximum Gasteiger partial charge on any atom is 0.143 e. The maximum atomic E-state index is 13.5. The highest BCUT2D eigenvalue weighted by molar-refractivity contribution is 6.30. The predicted octanol–water partition coefficient (Wildman–Crippen LogP) is 5.18. The molecule has 2 aromatic rings. The molecular weight excluding hydrogens is 280 g/mol. The molecule has 0 amide bonds. The van der Waals surface area contributed by atoms with Gasteiger partial charge in [-0.25, -0.2) is 8.78 Å². The summed E-state index contributed by atoms with van der Waals surface area (Å²) in [6, 6.07) is 11.2. The Kier molecular flexibility index (Phi) is 3.62. The van der Waals surface area contributed by atoms with E-state index in [1.54, 1.807) is 18.2 Å². The van der Waals surface area contributed by atoms with Gasteiger partial charge >= 0.3 is 0 Å². The normalized spacial score (nSPS) is 15.9. The van der Waals surface area contributed by atoms with Crippen LogP contribution in [0.5, 0.6) is 0 Å². The van der Waals surface area contributed by atoms with Crippen LogP contribution in [0.25, 0.3) is 0 Å². The van der Waals surface area contributed by atoms with Gasteiger partial charge in [-0.2, -0.15) is 0 Å². The van der Waals surface area contributed by atoms with Gasteiger partial charge in [0.05, 0.1) is 11.1 Å². The molecule has 0 aromatic heterocycles. The molecule has 1 N–H and O–H groups in total. The van der Waals surface area contributed by atoms with Crippen molar-refractivity contribution >= 4 is 17.3 Å². The van der Waals surface area contributed by atoms with E-state index in [4.69, 9.17) is 11.6 Å². The van der Waals surface area contributed by atoms with E-state index in [-0.39, 0.29) is 16.9 Å². The summed E-state index contributed by atoms with van der Waals surface area (Å²) < 4.78 is 26.5. The SMILES string of the molecule is Fc1ccc(C(Nc2ccc(Cl)c(F)c2)C2CC2)cc1. The second kappa shape index (κ2) is 5.41. The average molecular weight is 294 g/mol. The molecule has 0 radical (unpaired) electrons. The smallest absolute Gasteiger partial charge is 0.143 e. The number of anilines is 1. The molecule has 20 heavy (non-hydrogen) atoms. The Labute approximate surface area is 121 Å². The molecule has 0 spiro atoms. The lowest BCUT2D eigenvalue weighted by Crippen LogP contribution is -2.13. The van der Waals surface area contributed by atoms with Crippen molar-refractivity contribution in [2.45, 2.75) is 18.9 Å². The monoisotopic (exact) mass is 293 g/mol. The van der Waals surface area contributed by atoms with E-state index in [1.165, 1.54) is 24.3 Å². The summed E-state index contributed by atoms with van der Waals surface area (Å²) in [6.45, 7) is 0. The van der Waals surface area contributed by atoms with Gasteiger partial charge in [0.15, 0.2) is 0 Å². The number of halogens is 3. The van der Waals surface area contributed by atoms with Crippen molar-refractivity contribution in [3.05, 3.63) is 64.7 Å². The largest absolute Gasteiger partial charge is 0.378 e. The summed E-state index contributed by atoms with van der Waals surface area (Å²) in [5, 5.41) is 3.44. The van der Waals surface area contributed by atoms with Gasteiger partial charge in [-0.3, -0.25) is 0 Å². The molecule has 0 aliphatic heterocycles. The van der Waals surface area contributed by atoms with E-state index in [0.717, 1.165) is 18.4 Å². The minimum absolute atomic E-state index is 0.0798. The standard InChI is InChI=1S/C16H14ClF2N/c17-14-8-7-13(9-15(14)19)20-16(10-1-2-10)11-3-5-12(18)6-4-11/h3-10,16,20H,1-2H2. The van der Waals surface area contributed by atoms with E-state index in [2.05, 4.69) is 5.32 Å². The van der Waals surface area contributed by atoms with Gasteiger partial charge in [0.2, 0.25) is 0 Å². The maximum absolute atomic E-state index is 13.5. The zero-order valence-electron chi connectivity index (χ0n) is 10.7. The first-order chi connectivity index (χ1) is 9.63. The molecule has 1 fully saturated rings. The first kappa shape index (κ1) is 13.4. The molecule has 1 aliphatic carbocycles. The second-order valence-electron chi connectivity index (χ2n) is 5.14. The van der Waals surface area contributed by atoms with Crippen molar-refractivity contribution in [3.63, 3.8) is 0 Å². The van der Waals surface area contributed by atoms with Gasteiger partial charge in [0, 0.05) is 5.69 Å². The number of hydrogen-bond donors (Lipinski definition) is 1. The Hall–Kier alpha value is -1.61. The minimum atomic E-state index is -0.440. The van der Waals surface area contributed by atoms with Crippen LogP contribution in [-0.2, 0) is 0 Å². The van der Waals surface area contributed by atoms with Crippen molar-refractivity contribution in [1.29, 1.82) is 0 Å². The molecule has 2 aromatic carbocycles. The number of hydrogen-bond acceptors (Lipinski definition) is 1. The van der Waals surface area contributed by atoms with Crippen LogP contribution in [0.15, 0.2) is 42.5 Å². The number of rotatable bonds is 4. The van der Waals surface area contributed by atoms with E-state index in [9.17, 15) is 8.78 Å². The van der Waals surface area contributed by atoms with Crippen LogP contribution in [0.4, 0.5) is 14.5 Å². The Morgan fingerprint density at radius 1 is 1.05 bits per heavy atom. The van der Waals surface area contributed by atoms with Crippen LogP contribution in [0, 0.1) is 17.6 Å². The molecule has 1 unspecified atom stereocenters. The Bertz CT molecular complexity index is 608. The van der Waals surface area contributed by atoms with Crippen LogP contribution in [0.2, 0.25) is 5.02 Å². The van der Waals surface area contributed by atoms with E-state index < -0.39 is 5.82 Å². The van der Waals surface area contributed by atoms with E-state index >= 15 is 0 Å². The highest BCUT2D eigenvalue weighted by Crippen LogP contribution is 2.43. The van der Waals surface area contributed by atoms with Crippen LogP contribution in [-0.4, -0.2) is 0 Å². The molecule has 0 saturated heterocycles. The van der Waals surface area contributed by atoms with E-state index in [1.807, 2.05) is 0 Å². The fourth-order valence-corrected chi connectivity index (χ4v) is 2.46. The highest BCUT2D eigenvalue weighted by atomic mass is 35.5. The third-order valence-corrected chi connectivity index (χ3v) is 3.87. The Morgan fingerprint density at radius 2 is 1.75 bits per heavy atom. The summed E-state index contributed by atoms with van der Waals surface area (Å²) in [7, 11) is 0. The van der Waals surface area contributed by atoms with Crippen LogP contribution in [0.1, 0.15) is 24.4 Å². The fraction of sp³-hybridized carbons (Fsp3) is 0.250. The first-order valence-electron chi connectivity index (χ1n) is 6.60. The highest BCUT2D eigenvalue weighted by Gasteiger charge is 2.32. The van der Waals surface area contributed by atoms with Crippen LogP contribution < -0.4 is 5.32 Å². The molecule has 4 heteroatoms. The van der Waals surface area contributed by atoms with Crippen molar-refractivity contribution in [2.75, 3.05) is 5.32 Å². The second-order valence-corrected chi connectivity index (χ2v) is 5.55. The first-order valence-corrected chi connectivity index (χ1v) is 6.98. The topological polar surface area (TPSA) is 12.0 Å². The Morgan fingerprint density at radius 3 is 2.35 bits per heavy atom. The summed E-state index contributed by atoms with van der Waals surface area (Å²) in [4.78, 5) is 0. The third-order valence-electron chi connectivity index (χ3n) is 3.56. The van der Waals surface area contributed by atoms with Crippen molar-refractivity contribution in [2.24, 2.45) is 5.92 Å². The van der Waals surface area contributed by atoms with Crippen molar-refractivity contribution in [3.8, 4) is 0 Å². The number of nitrogens with one attached hydrogen (secondary N) is 1. The molecule has 1 saturated carbocycles. The fourth-order valence-electron chi connectivity index (χ4n) is 2.34. The summed E-state index contributed by atoms with van der Waals surface area (Å²) in [5.41, 5.74) is 1.71. The van der Waals surface area contributed by atoms with Crippen LogP contribution >= 0.6 is 11.6 Å². The summed E-state index contributed by atoms with van der Waals surface area (Å²) in [5.74, 6) is -0.176. The predicted molar refractivity (Wildman–Crippen MR) is 76.9 cm³/mol. The molecule has 1 aliphatic rings. The zero-order valence-corrected chi connectivity index (χ0v) is 11.5. The Balaban J connectivity index is 1.84. The van der Waals surface area contributed by atoms with Crippen LogP contribution in [0.3, 0.4) is 0 Å².